The Hall–Kier alpha value is -1.14. The van der Waals surface area contributed by atoms with Gasteiger partial charge in [0.1, 0.15) is 0 Å². The van der Waals surface area contributed by atoms with Crippen molar-refractivity contribution in [1.82, 2.24) is 10.2 Å². The highest BCUT2D eigenvalue weighted by molar-refractivity contribution is 5.78. The molecule has 1 rings (SSSR count). The van der Waals surface area contributed by atoms with Crippen molar-refractivity contribution in [3.63, 3.8) is 0 Å². The van der Waals surface area contributed by atoms with Crippen molar-refractivity contribution in [2.24, 2.45) is 11.1 Å². The molecule has 1 aliphatic heterocycles. The van der Waals surface area contributed by atoms with Crippen LogP contribution in [0.5, 0.6) is 0 Å². The molecule has 0 spiro atoms. The Bertz CT molecular complexity index is 350. The van der Waals surface area contributed by atoms with Crippen molar-refractivity contribution in [2.45, 2.75) is 52.0 Å². The Morgan fingerprint density at radius 3 is 2.48 bits per heavy atom. The predicted molar refractivity (Wildman–Crippen MR) is 81.9 cm³/mol. The summed E-state index contributed by atoms with van der Waals surface area (Å²) in [7, 11) is 0. The van der Waals surface area contributed by atoms with E-state index in [1.165, 1.54) is 0 Å². The molecular weight excluding hydrogens is 270 g/mol. The van der Waals surface area contributed by atoms with Gasteiger partial charge in [-0.05, 0) is 31.1 Å². The first-order valence-electron chi connectivity index (χ1n) is 7.75. The number of nitrogens with zero attached hydrogens (tertiary/aromatic N) is 1. The Balaban J connectivity index is 2.16. The zero-order chi connectivity index (χ0) is 15.9. The zero-order valence-electron chi connectivity index (χ0n) is 13.2. The summed E-state index contributed by atoms with van der Waals surface area (Å²) in [5.74, 6) is -0.727. The monoisotopic (exact) mass is 299 g/mol. The molecule has 0 saturated carbocycles. The van der Waals surface area contributed by atoms with E-state index < -0.39 is 5.97 Å². The lowest BCUT2D eigenvalue weighted by Gasteiger charge is -2.29. The first kappa shape index (κ1) is 17.9. The lowest BCUT2D eigenvalue weighted by atomic mass is 9.84. The van der Waals surface area contributed by atoms with Crippen molar-refractivity contribution < 1.29 is 14.7 Å². The number of nitrogens with two attached hydrogens (primary N) is 1. The third-order valence-electron chi connectivity index (χ3n) is 4.14. The highest BCUT2D eigenvalue weighted by Crippen LogP contribution is 2.25. The first-order valence-corrected chi connectivity index (χ1v) is 7.75. The molecule has 4 N–H and O–H groups in total. The predicted octanol–water partition coefficient (Wildman–Crippen LogP) is 0.807. The minimum absolute atomic E-state index is 0.0412. The fourth-order valence-electron chi connectivity index (χ4n) is 2.48. The number of carbonyl (C=O) groups excluding carboxylic acids is 1. The average Bonchev–Trinajstić information content (AvgIpc) is 2.39. The van der Waals surface area contributed by atoms with Gasteiger partial charge in [0.05, 0.1) is 6.54 Å². The number of carboxylic acid groups (broad SMARTS) is 1. The summed E-state index contributed by atoms with van der Waals surface area (Å²) in [6.07, 6.45) is 3.50. The number of rotatable bonds is 8. The highest BCUT2D eigenvalue weighted by atomic mass is 16.4. The Kier molecular flexibility index (Phi) is 7.11. The molecule has 1 amide bonds. The largest absolute Gasteiger partial charge is 0.481 e. The average molecular weight is 299 g/mol. The molecule has 6 heteroatoms. The SMILES string of the molecule is CC(C)(CCNC(=O)CN1CCC(N)CC1)CCC(=O)O. The van der Waals surface area contributed by atoms with Crippen LogP contribution in [0.3, 0.4) is 0 Å². The van der Waals surface area contributed by atoms with Crippen LogP contribution in [0, 0.1) is 5.41 Å². The maximum Gasteiger partial charge on any atom is 0.303 e. The second-order valence-electron chi connectivity index (χ2n) is 6.77. The quantitative estimate of drug-likeness (QED) is 0.616. The Morgan fingerprint density at radius 2 is 1.90 bits per heavy atom. The zero-order valence-corrected chi connectivity index (χ0v) is 13.2. The van der Waals surface area contributed by atoms with Crippen LogP contribution in [-0.4, -0.2) is 54.1 Å². The standard InChI is InChI=1S/C15H29N3O3/c1-15(2,6-3-14(20)21)7-8-17-13(19)11-18-9-4-12(16)5-10-18/h12H,3-11,16H2,1-2H3,(H,17,19)(H,20,21). The van der Waals surface area contributed by atoms with Gasteiger partial charge in [-0.1, -0.05) is 13.8 Å². The molecule has 0 bridgehead atoms. The van der Waals surface area contributed by atoms with Crippen LogP contribution < -0.4 is 11.1 Å². The van der Waals surface area contributed by atoms with Crippen LogP contribution in [0.4, 0.5) is 0 Å². The number of piperidine rings is 1. The van der Waals surface area contributed by atoms with Gasteiger partial charge in [0.2, 0.25) is 5.91 Å². The summed E-state index contributed by atoms with van der Waals surface area (Å²) in [4.78, 5) is 24.6. The summed E-state index contributed by atoms with van der Waals surface area (Å²) in [6, 6.07) is 0.277. The van der Waals surface area contributed by atoms with Gasteiger partial charge in [0.25, 0.3) is 0 Å². The smallest absolute Gasteiger partial charge is 0.303 e. The van der Waals surface area contributed by atoms with E-state index >= 15 is 0 Å². The molecule has 6 nitrogen and oxygen atoms in total. The normalized spacial score (nSPS) is 17.7. The van der Waals surface area contributed by atoms with E-state index in [1.54, 1.807) is 0 Å². The minimum atomic E-state index is -0.768. The Morgan fingerprint density at radius 1 is 1.29 bits per heavy atom. The second kappa shape index (κ2) is 8.34. The van der Waals surface area contributed by atoms with Crippen LogP contribution in [-0.2, 0) is 9.59 Å². The molecule has 0 unspecified atom stereocenters. The summed E-state index contributed by atoms with van der Waals surface area (Å²) in [5, 5.41) is 11.6. The van der Waals surface area contributed by atoms with Crippen LogP contribution in [0.1, 0.15) is 46.0 Å². The lowest BCUT2D eigenvalue weighted by Crippen LogP contribution is -2.44. The number of hydrogen-bond donors (Lipinski definition) is 3. The summed E-state index contributed by atoms with van der Waals surface area (Å²) in [6.45, 7) is 6.88. The van der Waals surface area contributed by atoms with Crippen molar-refractivity contribution in [3.05, 3.63) is 0 Å². The van der Waals surface area contributed by atoms with Gasteiger partial charge in [0.15, 0.2) is 0 Å². The molecule has 21 heavy (non-hydrogen) atoms. The van der Waals surface area contributed by atoms with Gasteiger partial charge in [-0.15, -0.1) is 0 Å². The molecule has 0 aromatic rings. The molecule has 1 fully saturated rings. The highest BCUT2D eigenvalue weighted by Gasteiger charge is 2.20. The fraction of sp³-hybridized carbons (Fsp3) is 0.867. The van der Waals surface area contributed by atoms with E-state index in [1.807, 2.05) is 13.8 Å². The van der Waals surface area contributed by atoms with E-state index in [0.29, 0.717) is 19.5 Å². The van der Waals surface area contributed by atoms with Crippen LogP contribution >= 0.6 is 0 Å². The number of aliphatic carboxylic acids is 1. The molecule has 0 radical (unpaired) electrons. The topological polar surface area (TPSA) is 95.7 Å². The van der Waals surface area contributed by atoms with Crippen molar-refractivity contribution in [1.29, 1.82) is 0 Å². The molecule has 0 atom stereocenters. The molecule has 122 valence electrons. The summed E-state index contributed by atoms with van der Waals surface area (Å²) >= 11 is 0. The number of amides is 1. The number of likely N-dealkylation sites (tertiary alicyclic amines) is 1. The first-order chi connectivity index (χ1) is 9.78. The number of nitrogens with one attached hydrogen (secondary N) is 1. The van der Waals surface area contributed by atoms with Crippen molar-refractivity contribution >= 4 is 11.9 Å². The van der Waals surface area contributed by atoms with E-state index in [9.17, 15) is 9.59 Å². The third kappa shape index (κ3) is 8.02. The molecular formula is C15H29N3O3. The van der Waals surface area contributed by atoms with Gasteiger partial charge in [0, 0.05) is 32.1 Å². The summed E-state index contributed by atoms with van der Waals surface area (Å²) in [5.41, 5.74) is 5.77. The van der Waals surface area contributed by atoms with E-state index in [-0.39, 0.29) is 23.8 Å². The molecule has 1 aliphatic rings. The molecule has 1 saturated heterocycles. The fourth-order valence-corrected chi connectivity index (χ4v) is 2.48. The number of carboxylic acids is 1. The van der Waals surface area contributed by atoms with E-state index in [2.05, 4.69) is 10.2 Å². The molecule has 1 heterocycles. The number of hydrogen-bond acceptors (Lipinski definition) is 4. The van der Waals surface area contributed by atoms with Crippen molar-refractivity contribution in [2.75, 3.05) is 26.2 Å². The van der Waals surface area contributed by atoms with Crippen LogP contribution in [0.25, 0.3) is 0 Å². The minimum Gasteiger partial charge on any atom is -0.481 e. The number of carbonyl (C=O) groups is 2. The van der Waals surface area contributed by atoms with Gasteiger partial charge < -0.3 is 16.2 Å². The second-order valence-corrected chi connectivity index (χ2v) is 6.77. The Labute approximate surface area is 127 Å². The van der Waals surface area contributed by atoms with Gasteiger partial charge in [-0.2, -0.15) is 0 Å². The van der Waals surface area contributed by atoms with Gasteiger partial charge >= 0.3 is 5.97 Å². The molecule has 0 aromatic carbocycles. The van der Waals surface area contributed by atoms with E-state index in [0.717, 1.165) is 32.4 Å². The lowest BCUT2D eigenvalue weighted by molar-refractivity contribution is -0.137. The van der Waals surface area contributed by atoms with Crippen LogP contribution in [0.2, 0.25) is 0 Å². The van der Waals surface area contributed by atoms with E-state index in [4.69, 9.17) is 10.8 Å². The maximum absolute atomic E-state index is 11.9. The van der Waals surface area contributed by atoms with Gasteiger partial charge in [-0.3, -0.25) is 14.5 Å². The molecule has 0 aliphatic carbocycles. The van der Waals surface area contributed by atoms with Crippen molar-refractivity contribution in [3.8, 4) is 0 Å². The maximum atomic E-state index is 11.9. The molecule has 0 aromatic heterocycles. The van der Waals surface area contributed by atoms with Gasteiger partial charge in [-0.25, -0.2) is 0 Å². The summed E-state index contributed by atoms with van der Waals surface area (Å²) < 4.78 is 0. The van der Waals surface area contributed by atoms with Crippen LogP contribution in [0.15, 0.2) is 0 Å². The third-order valence-corrected chi connectivity index (χ3v) is 4.14.